The lowest BCUT2D eigenvalue weighted by Crippen LogP contribution is -2.35. The summed E-state index contributed by atoms with van der Waals surface area (Å²) in [6.07, 6.45) is 5.64. The zero-order valence-electron chi connectivity index (χ0n) is 12.6. The van der Waals surface area contributed by atoms with Crippen LogP contribution in [0, 0.1) is 5.92 Å². The van der Waals surface area contributed by atoms with Crippen LogP contribution in [0.3, 0.4) is 0 Å². The normalized spacial score (nSPS) is 17.6. The molecule has 7 nitrogen and oxygen atoms in total. The molecule has 0 aliphatic carbocycles. The highest BCUT2D eigenvalue weighted by Crippen LogP contribution is 2.16. The molecule has 0 saturated carbocycles. The molecule has 3 heterocycles. The van der Waals surface area contributed by atoms with Crippen molar-refractivity contribution in [1.82, 2.24) is 24.6 Å². The summed E-state index contributed by atoms with van der Waals surface area (Å²) >= 11 is 0. The number of carbonyl (C=O) groups is 1. The predicted octanol–water partition coefficient (Wildman–Crippen LogP) is 1.16. The van der Waals surface area contributed by atoms with Gasteiger partial charge in [-0.25, -0.2) is 14.6 Å². The van der Waals surface area contributed by atoms with Crippen molar-refractivity contribution in [3.63, 3.8) is 0 Å². The molecule has 2 aromatic rings. The molecular weight excluding hydrogens is 282 g/mol. The molecule has 22 heavy (non-hydrogen) atoms. The summed E-state index contributed by atoms with van der Waals surface area (Å²) in [5.74, 6) is 1.03. The van der Waals surface area contributed by atoms with Gasteiger partial charge in [-0.05, 0) is 25.5 Å². The number of ether oxygens (including phenoxy) is 1. The molecule has 7 heteroatoms. The van der Waals surface area contributed by atoms with Gasteiger partial charge in [-0.3, -0.25) is 4.79 Å². The number of nitrogens with zero attached hydrogens (tertiary/aromatic N) is 5. The van der Waals surface area contributed by atoms with Crippen LogP contribution < -0.4 is 0 Å². The maximum absolute atomic E-state index is 12.7. The van der Waals surface area contributed by atoms with Crippen molar-refractivity contribution in [2.75, 3.05) is 26.3 Å². The topological polar surface area (TPSA) is 73.1 Å². The first-order chi connectivity index (χ1) is 10.8. The average Bonchev–Trinajstić information content (AvgIpc) is 3.25. The largest absolute Gasteiger partial charge is 0.381 e. The molecule has 3 rings (SSSR count). The second-order valence-electron chi connectivity index (χ2n) is 5.32. The zero-order chi connectivity index (χ0) is 15.4. The molecule has 1 amide bonds. The van der Waals surface area contributed by atoms with Crippen LogP contribution in [-0.4, -0.2) is 56.9 Å². The molecule has 0 radical (unpaired) electrons. The van der Waals surface area contributed by atoms with E-state index in [1.165, 1.54) is 11.0 Å². The van der Waals surface area contributed by atoms with Crippen molar-refractivity contribution in [2.24, 2.45) is 5.92 Å². The number of rotatable bonds is 5. The first kappa shape index (κ1) is 14.6. The molecule has 0 unspecified atom stereocenters. The van der Waals surface area contributed by atoms with Gasteiger partial charge in [0, 0.05) is 37.4 Å². The van der Waals surface area contributed by atoms with E-state index < -0.39 is 0 Å². The van der Waals surface area contributed by atoms with E-state index in [0.717, 1.165) is 26.2 Å². The van der Waals surface area contributed by atoms with Crippen molar-refractivity contribution in [3.8, 4) is 5.82 Å². The standard InChI is InChI=1S/C15H19N5O2/c1-2-19(8-12-4-6-22-9-12)15(21)13-3-5-17-14(7-13)20-11-16-10-18-20/h3,5,7,10-12H,2,4,6,8-9H2,1H3/t12-/m1/s1. The fraction of sp³-hybridized carbons (Fsp3) is 0.467. The molecule has 116 valence electrons. The number of carbonyl (C=O) groups excluding carboxylic acids is 1. The maximum Gasteiger partial charge on any atom is 0.254 e. The molecule has 0 spiro atoms. The Labute approximate surface area is 128 Å². The van der Waals surface area contributed by atoms with E-state index in [9.17, 15) is 4.79 Å². The van der Waals surface area contributed by atoms with Crippen molar-refractivity contribution in [1.29, 1.82) is 0 Å². The SMILES string of the molecule is CCN(C[C@H]1CCOC1)C(=O)c1ccnc(-n2cncn2)c1. The molecule has 0 aromatic carbocycles. The molecule has 1 saturated heterocycles. The molecular formula is C15H19N5O2. The third-order valence-corrected chi connectivity index (χ3v) is 3.82. The summed E-state index contributed by atoms with van der Waals surface area (Å²) in [4.78, 5) is 22.7. The molecule has 1 aliphatic rings. The highest BCUT2D eigenvalue weighted by atomic mass is 16.5. The van der Waals surface area contributed by atoms with Crippen LogP contribution in [0.4, 0.5) is 0 Å². The Morgan fingerprint density at radius 2 is 2.45 bits per heavy atom. The summed E-state index contributed by atoms with van der Waals surface area (Å²) in [5, 5.41) is 4.04. The predicted molar refractivity (Wildman–Crippen MR) is 79.7 cm³/mol. The number of amides is 1. The maximum atomic E-state index is 12.7. The molecule has 0 bridgehead atoms. The van der Waals surface area contributed by atoms with Crippen LogP contribution in [0.25, 0.3) is 5.82 Å². The van der Waals surface area contributed by atoms with E-state index in [4.69, 9.17) is 4.74 Å². The summed E-state index contributed by atoms with van der Waals surface area (Å²) in [6, 6.07) is 3.47. The Kier molecular flexibility index (Phi) is 4.43. The Hall–Kier alpha value is -2.28. The fourth-order valence-electron chi connectivity index (χ4n) is 2.58. The van der Waals surface area contributed by atoms with Gasteiger partial charge in [0.15, 0.2) is 5.82 Å². The molecule has 1 aliphatic heterocycles. The van der Waals surface area contributed by atoms with Gasteiger partial charge in [-0.2, -0.15) is 5.10 Å². The number of pyridine rings is 1. The highest BCUT2D eigenvalue weighted by molar-refractivity contribution is 5.94. The number of hydrogen-bond acceptors (Lipinski definition) is 5. The summed E-state index contributed by atoms with van der Waals surface area (Å²) < 4.78 is 6.93. The number of aromatic nitrogens is 4. The van der Waals surface area contributed by atoms with Crippen LogP contribution in [0.2, 0.25) is 0 Å². The summed E-state index contributed by atoms with van der Waals surface area (Å²) in [7, 11) is 0. The smallest absolute Gasteiger partial charge is 0.254 e. The Balaban J connectivity index is 1.76. The monoisotopic (exact) mass is 301 g/mol. The van der Waals surface area contributed by atoms with Crippen LogP contribution >= 0.6 is 0 Å². The van der Waals surface area contributed by atoms with E-state index in [1.54, 1.807) is 24.7 Å². The molecule has 2 aromatic heterocycles. The van der Waals surface area contributed by atoms with Crippen LogP contribution in [0.1, 0.15) is 23.7 Å². The first-order valence-electron chi connectivity index (χ1n) is 7.46. The molecule has 1 fully saturated rings. The first-order valence-corrected chi connectivity index (χ1v) is 7.46. The Morgan fingerprint density at radius 3 is 3.14 bits per heavy atom. The summed E-state index contributed by atoms with van der Waals surface area (Å²) in [6.45, 7) is 4.94. The lowest BCUT2D eigenvalue weighted by molar-refractivity contribution is 0.0730. The van der Waals surface area contributed by atoms with Gasteiger partial charge < -0.3 is 9.64 Å². The Morgan fingerprint density at radius 1 is 1.55 bits per heavy atom. The lowest BCUT2D eigenvalue weighted by Gasteiger charge is -2.23. The molecule has 1 atom stereocenters. The third kappa shape index (κ3) is 3.14. The minimum Gasteiger partial charge on any atom is -0.381 e. The number of hydrogen-bond donors (Lipinski definition) is 0. The van der Waals surface area contributed by atoms with Crippen LogP contribution in [-0.2, 0) is 4.74 Å². The van der Waals surface area contributed by atoms with Crippen molar-refractivity contribution < 1.29 is 9.53 Å². The Bertz CT molecular complexity index is 623. The van der Waals surface area contributed by atoms with E-state index in [-0.39, 0.29) is 5.91 Å². The van der Waals surface area contributed by atoms with E-state index in [0.29, 0.717) is 23.8 Å². The minimum atomic E-state index is 0.0122. The zero-order valence-corrected chi connectivity index (χ0v) is 12.6. The van der Waals surface area contributed by atoms with Gasteiger partial charge >= 0.3 is 0 Å². The van der Waals surface area contributed by atoms with Gasteiger partial charge in [0.05, 0.1) is 6.61 Å². The van der Waals surface area contributed by atoms with Crippen molar-refractivity contribution in [3.05, 3.63) is 36.5 Å². The second-order valence-corrected chi connectivity index (χ2v) is 5.32. The third-order valence-electron chi connectivity index (χ3n) is 3.82. The summed E-state index contributed by atoms with van der Waals surface area (Å²) in [5.41, 5.74) is 0.612. The van der Waals surface area contributed by atoms with Crippen molar-refractivity contribution in [2.45, 2.75) is 13.3 Å². The van der Waals surface area contributed by atoms with Crippen LogP contribution in [0.15, 0.2) is 31.0 Å². The van der Waals surface area contributed by atoms with E-state index >= 15 is 0 Å². The van der Waals surface area contributed by atoms with E-state index in [1.807, 2.05) is 11.8 Å². The van der Waals surface area contributed by atoms with Crippen LogP contribution in [0.5, 0.6) is 0 Å². The van der Waals surface area contributed by atoms with Gasteiger partial charge in [-0.15, -0.1) is 0 Å². The lowest BCUT2D eigenvalue weighted by atomic mass is 10.1. The minimum absolute atomic E-state index is 0.0122. The molecule has 0 N–H and O–H groups in total. The van der Waals surface area contributed by atoms with E-state index in [2.05, 4.69) is 15.1 Å². The van der Waals surface area contributed by atoms with Gasteiger partial charge in [-0.1, -0.05) is 0 Å². The second kappa shape index (κ2) is 6.65. The highest BCUT2D eigenvalue weighted by Gasteiger charge is 2.22. The van der Waals surface area contributed by atoms with Gasteiger partial charge in [0.25, 0.3) is 5.91 Å². The van der Waals surface area contributed by atoms with Gasteiger partial charge in [0.2, 0.25) is 0 Å². The fourth-order valence-corrected chi connectivity index (χ4v) is 2.58. The van der Waals surface area contributed by atoms with Gasteiger partial charge in [0.1, 0.15) is 12.7 Å². The van der Waals surface area contributed by atoms with Crippen molar-refractivity contribution >= 4 is 5.91 Å². The average molecular weight is 301 g/mol. The quantitative estimate of drug-likeness (QED) is 0.828.